The Bertz CT molecular complexity index is 1250. The van der Waals surface area contributed by atoms with Crippen LogP contribution in [0.4, 0.5) is 5.82 Å². The molecule has 5 rings (SSSR count). The van der Waals surface area contributed by atoms with E-state index in [1.165, 1.54) is 16.8 Å². The highest BCUT2D eigenvalue weighted by atomic mass is 15.4. The van der Waals surface area contributed by atoms with E-state index in [1.807, 2.05) is 17.9 Å². The first kappa shape index (κ1) is 17.8. The second kappa shape index (κ2) is 6.37. The van der Waals surface area contributed by atoms with Gasteiger partial charge in [0.2, 0.25) is 0 Å². The van der Waals surface area contributed by atoms with Crippen molar-refractivity contribution in [1.82, 2.24) is 34.6 Å². The SMILES string of the molecule is Cc1nn(C)c(C)c1-c1cnc2c(c1)CN(c1nn3cnnc3c(C)c1C)CC2. The first-order valence-corrected chi connectivity index (χ1v) is 9.84. The molecule has 4 aromatic heterocycles. The van der Waals surface area contributed by atoms with E-state index in [0.29, 0.717) is 0 Å². The van der Waals surface area contributed by atoms with Crippen molar-refractivity contribution in [2.24, 2.45) is 7.05 Å². The molecule has 0 aliphatic carbocycles. The Kier molecular flexibility index (Phi) is 3.90. The monoisotopic (exact) mass is 388 g/mol. The van der Waals surface area contributed by atoms with Gasteiger partial charge in [0, 0.05) is 66.4 Å². The molecule has 148 valence electrons. The summed E-state index contributed by atoms with van der Waals surface area (Å²) in [6.45, 7) is 10.0. The lowest BCUT2D eigenvalue weighted by molar-refractivity contribution is 0.688. The van der Waals surface area contributed by atoms with Gasteiger partial charge in [-0.1, -0.05) is 0 Å². The van der Waals surface area contributed by atoms with Crippen molar-refractivity contribution in [3.8, 4) is 11.1 Å². The summed E-state index contributed by atoms with van der Waals surface area (Å²) in [4.78, 5) is 7.12. The van der Waals surface area contributed by atoms with E-state index in [9.17, 15) is 0 Å². The number of fused-ring (bicyclic) bond motifs is 2. The lowest BCUT2D eigenvalue weighted by atomic mass is 9.99. The van der Waals surface area contributed by atoms with Crippen LogP contribution in [0.25, 0.3) is 16.8 Å². The molecule has 0 saturated heterocycles. The van der Waals surface area contributed by atoms with Gasteiger partial charge in [0.1, 0.15) is 6.33 Å². The van der Waals surface area contributed by atoms with Crippen molar-refractivity contribution >= 4 is 11.5 Å². The van der Waals surface area contributed by atoms with Crippen LogP contribution >= 0.6 is 0 Å². The maximum absolute atomic E-state index is 4.79. The van der Waals surface area contributed by atoms with E-state index in [0.717, 1.165) is 59.1 Å². The van der Waals surface area contributed by atoms with E-state index in [2.05, 4.69) is 54.0 Å². The summed E-state index contributed by atoms with van der Waals surface area (Å²) < 4.78 is 3.70. The van der Waals surface area contributed by atoms with Crippen LogP contribution in [0, 0.1) is 27.7 Å². The molecule has 0 atom stereocenters. The molecule has 0 N–H and O–H groups in total. The average Bonchev–Trinajstić information content (AvgIpc) is 3.28. The third-order valence-corrected chi connectivity index (χ3v) is 6.10. The number of aryl methyl sites for hydroxylation is 3. The number of pyridine rings is 1. The molecule has 8 nitrogen and oxygen atoms in total. The summed E-state index contributed by atoms with van der Waals surface area (Å²) in [5, 5.41) is 17.5. The Balaban J connectivity index is 1.55. The number of anilines is 1. The zero-order chi connectivity index (χ0) is 20.3. The molecular weight excluding hydrogens is 364 g/mol. The van der Waals surface area contributed by atoms with Gasteiger partial charge in [-0.05, 0) is 39.3 Å². The Morgan fingerprint density at radius 3 is 2.62 bits per heavy atom. The summed E-state index contributed by atoms with van der Waals surface area (Å²) in [7, 11) is 1.98. The average molecular weight is 388 g/mol. The standard InChI is InChI=1S/C21H24N8/c1-12-13(2)21(26-29-11-23-24-20(12)29)28-7-6-18-17(10-28)8-16(9-22-18)19-14(3)25-27(5)15(19)4/h8-9,11H,6-7,10H2,1-5H3. The number of hydrogen-bond donors (Lipinski definition) is 0. The molecule has 5 heterocycles. The highest BCUT2D eigenvalue weighted by Gasteiger charge is 2.23. The normalized spacial score (nSPS) is 13.9. The maximum atomic E-state index is 4.79. The zero-order valence-electron chi connectivity index (χ0n) is 17.4. The molecule has 1 aliphatic rings. The number of nitrogens with zero attached hydrogens (tertiary/aromatic N) is 8. The van der Waals surface area contributed by atoms with Gasteiger partial charge < -0.3 is 4.90 Å². The molecule has 8 heteroatoms. The van der Waals surface area contributed by atoms with Crippen molar-refractivity contribution in [3.63, 3.8) is 0 Å². The molecular formula is C21H24N8. The lowest BCUT2D eigenvalue weighted by Gasteiger charge is -2.30. The van der Waals surface area contributed by atoms with Gasteiger partial charge in [-0.15, -0.1) is 15.3 Å². The van der Waals surface area contributed by atoms with Crippen molar-refractivity contribution in [1.29, 1.82) is 0 Å². The summed E-state index contributed by atoms with van der Waals surface area (Å²) in [6.07, 6.45) is 4.56. The number of aromatic nitrogens is 7. The van der Waals surface area contributed by atoms with E-state index in [1.54, 1.807) is 10.8 Å². The third-order valence-electron chi connectivity index (χ3n) is 6.10. The largest absolute Gasteiger partial charge is 0.350 e. The van der Waals surface area contributed by atoms with Gasteiger partial charge in [0.15, 0.2) is 11.5 Å². The summed E-state index contributed by atoms with van der Waals surface area (Å²) in [5.74, 6) is 0.986. The molecule has 0 aromatic carbocycles. The predicted octanol–water partition coefficient (Wildman–Crippen LogP) is 2.72. The lowest BCUT2D eigenvalue weighted by Crippen LogP contribution is -2.32. The summed E-state index contributed by atoms with van der Waals surface area (Å²) in [5.41, 5.74) is 10.00. The van der Waals surface area contributed by atoms with Crippen LogP contribution in [0.2, 0.25) is 0 Å². The van der Waals surface area contributed by atoms with Gasteiger partial charge in [-0.3, -0.25) is 9.67 Å². The summed E-state index contributed by atoms with van der Waals surface area (Å²) >= 11 is 0. The van der Waals surface area contributed by atoms with Crippen LogP contribution in [-0.2, 0) is 20.0 Å². The molecule has 0 amide bonds. The van der Waals surface area contributed by atoms with Crippen LogP contribution in [0.1, 0.15) is 33.8 Å². The quantitative estimate of drug-likeness (QED) is 0.525. The first-order chi connectivity index (χ1) is 13.9. The van der Waals surface area contributed by atoms with E-state index >= 15 is 0 Å². The van der Waals surface area contributed by atoms with Gasteiger partial charge in [-0.25, -0.2) is 0 Å². The third kappa shape index (κ3) is 2.70. The fourth-order valence-electron chi connectivity index (χ4n) is 4.30. The van der Waals surface area contributed by atoms with Crippen molar-refractivity contribution in [2.75, 3.05) is 11.4 Å². The number of rotatable bonds is 2. The Labute approximate surface area is 169 Å². The minimum atomic E-state index is 0.787. The van der Waals surface area contributed by atoms with E-state index < -0.39 is 0 Å². The molecule has 0 spiro atoms. The van der Waals surface area contributed by atoms with Crippen molar-refractivity contribution < 1.29 is 0 Å². The molecule has 0 fully saturated rings. The molecule has 0 bridgehead atoms. The molecule has 4 aromatic rings. The first-order valence-electron chi connectivity index (χ1n) is 9.84. The van der Waals surface area contributed by atoms with E-state index in [4.69, 9.17) is 10.1 Å². The van der Waals surface area contributed by atoms with E-state index in [-0.39, 0.29) is 0 Å². The molecule has 0 radical (unpaired) electrons. The van der Waals surface area contributed by atoms with Crippen molar-refractivity contribution in [3.05, 3.63) is 52.4 Å². The second-order valence-corrected chi connectivity index (χ2v) is 7.84. The predicted molar refractivity (Wildman–Crippen MR) is 111 cm³/mol. The van der Waals surface area contributed by atoms with Gasteiger partial charge in [-0.2, -0.15) is 9.61 Å². The fraction of sp³-hybridized carbons (Fsp3) is 0.381. The van der Waals surface area contributed by atoms with Crippen LogP contribution < -0.4 is 4.90 Å². The van der Waals surface area contributed by atoms with Crippen LogP contribution in [0.5, 0.6) is 0 Å². The Morgan fingerprint density at radius 2 is 1.86 bits per heavy atom. The Hall–Kier alpha value is -3.29. The molecule has 1 aliphatic heterocycles. The van der Waals surface area contributed by atoms with Crippen LogP contribution in [0.15, 0.2) is 18.6 Å². The van der Waals surface area contributed by atoms with Gasteiger partial charge in [0.05, 0.1) is 5.69 Å². The molecule has 0 saturated carbocycles. The maximum Gasteiger partial charge on any atom is 0.180 e. The second-order valence-electron chi connectivity index (χ2n) is 7.84. The van der Waals surface area contributed by atoms with Crippen LogP contribution in [0.3, 0.4) is 0 Å². The van der Waals surface area contributed by atoms with Gasteiger partial charge in [0.25, 0.3) is 0 Å². The van der Waals surface area contributed by atoms with Crippen molar-refractivity contribution in [2.45, 2.75) is 40.7 Å². The topological polar surface area (TPSA) is 77.0 Å². The minimum absolute atomic E-state index is 0.787. The smallest absolute Gasteiger partial charge is 0.180 e. The van der Waals surface area contributed by atoms with Gasteiger partial charge >= 0.3 is 0 Å². The zero-order valence-corrected chi connectivity index (χ0v) is 17.4. The highest BCUT2D eigenvalue weighted by Crippen LogP contribution is 2.31. The summed E-state index contributed by atoms with van der Waals surface area (Å²) in [6, 6.07) is 2.27. The molecule has 29 heavy (non-hydrogen) atoms. The minimum Gasteiger partial charge on any atom is -0.350 e. The van der Waals surface area contributed by atoms with Crippen LogP contribution in [-0.4, -0.2) is 41.1 Å². The molecule has 0 unspecified atom stereocenters. The Morgan fingerprint density at radius 1 is 1.03 bits per heavy atom. The number of hydrogen-bond acceptors (Lipinski definition) is 6. The fourth-order valence-corrected chi connectivity index (χ4v) is 4.30. The highest BCUT2D eigenvalue weighted by molar-refractivity contribution is 5.69.